The lowest BCUT2D eigenvalue weighted by Crippen LogP contribution is -2.46. The highest BCUT2D eigenvalue weighted by Gasteiger charge is 2.30. The minimum Gasteiger partial charge on any atom is -0.481 e. The maximum Gasteiger partial charge on any atom is 0.317 e. The van der Waals surface area contributed by atoms with Gasteiger partial charge in [-0.15, -0.1) is 0 Å². The van der Waals surface area contributed by atoms with Crippen molar-refractivity contribution in [3.63, 3.8) is 0 Å². The van der Waals surface area contributed by atoms with Crippen LogP contribution in [0.4, 0.5) is 4.79 Å². The lowest BCUT2D eigenvalue weighted by Gasteiger charge is -2.26. The molecule has 20 heavy (non-hydrogen) atoms. The molecule has 2 aliphatic rings. The van der Waals surface area contributed by atoms with Crippen molar-refractivity contribution in [1.82, 2.24) is 10.2 Å². The maximum absolute atomic E-state index is 12.3. The van der Waals surface area contributed by atoms with E-state index in [2.05, 4.69) is 12.2 Å². The number of carbonyl (C=O) groups is 2. The Balaban J connectivity index is 1.81. The number of nitrogens with zero attached hydrogens (tertiary/aromatic N) is 1. The number of nitrogens with one attached hydrogen (secondary N) is 1. The molecule has 1 aliphatic heterocycles. The van der Waals surface area contributed by atoms with E-state index in [-0.39, 0.29) is 24.4 Å². The Morgan fingerprint density at radius 3 is 2.70 bits per heavy atom. The molecule has 2 N–H and O–H groups in total. The molecule has 0 aromatic carbocycles. The maximum atomic E-state index is 12.3. The van der Waals surface area contributed by atoms with Crippen molar-refractivity contribution in [2.24, 2.45) is 11.8 Å². The first kappa shape index (κ1) is 15.1. The van der Waals surface area contributed by atoms with Gasteiger partial charge >= 0.3 is 12.0 Å². The van der Waals surface area contributed by atoms with Crippen molar-refractivity contribution in [2.75, 3.05) is 13.1 Å². The van der Waals surface area contributed by atoms with E-state index in [9.17, 15) is 9.59 Å². The van der Waals surface area contributed by atoms with E-state index >= 15 is 0 Å². The summed E-state index contributed by atoms with van der Waals surface area (Å²) in [6.45, 7) is 3.48. The van der Waals surface area contributed by atoms with Crippen molar-refractivity contribution < 1.29 is 14.7 Å². The Morgan fingerprint density at radius 1 is 1.20 bits per heavy atom. The monoisotopic (exact) mass is 282 g/mol. The van der Waals surface area contributed by atoms with Crippen molar-refractivity contribution in [2.45, 2.75) is 57.9 Å². The summed E-state index contributed by atoms with van der Waals surface area (Å²) in [6, 6.07) is 0.278. The number of urea groups is 1. The lowest BCUT2D eigenvalue weighted by atomic mass is 9.97. The van der Waals surface area contributed by atoms with E-state index in [1.807, 2.05) is 0 Å². The molecule has 0 spiro atoms. The van der Waals surface area contributed by atoms with Gasteiger partial charge in [0.15, 0.2) is 0 Å². The molecule has 1 aliphatic carbocycles. The minimum atomic E-state index is -0.769. The fourth-order valence-electron chi connectivity index (χ4n) is 3.39. The second-order valence-corrected chi connectivity index (χ2v) is 6.37. The van der Waals surface area contributed by atoms with E-state index in [0.717, 1.165) is 12.8 Å². The summed E-state index contributed by atoms with van der Waals surface area (Å²) in [5.41, 5.74) is 0. The Bertz CT molecular complexity index is 359. The van der Waals surface area contributed by atoms with Gasteiger partial charge in [0.1, 0.15) is 0 Å². The molecule has 0 radical (unpaired) electrons. The summed E-state index contributed by atoms with van der Waals surface area (Å²) in [6.07, 6.45) is 6.95. The summed E-state index contributed by atoms with van der Waals surface area (Å²) in [5, 5.41) is 12.0. The highest BCUT2D eigenvalue weighted by Crippen LogP contribution is 2.24. The van der Waals surface area contributed by atoms with Crippen LogP contribution in [0.15, 0.2) is 0 Å². The SMILES string of the molecule is CC1CCCCCC1NC(=O)N1CCC(CC(=O)O)C1. The molecule has 0 aromatic rings. The molecule has 1 saturated carbocycles. The fraction of sp³-hybridized carbons (Fsp3) is 0.867. The number of rotatable bonds is 3. The zero-order valence-corrected chi connectivity index (χ0v) is 12.3. The average Bonchev–Trinajstić information content (AvgIpc) is 2.75. The van der Waals surface area contributed by atoms with Crippen molar-refractivity contribution in [3.05, 3.63) is 0 Å². The average molecular weight is 282 g/mol. The van der Waals surface area contributed by atoms with Crippen LogP contribution in [-0.2, 0) is 4.79 Å². The van der Waals surface area contributed by atoms with E-state index in [0.29, 0.717) is 19.0 Å². The van der Waals surface area contributed by atoms with Crippen LogP contribution in [0, 0.1) is 11.8 Å². The molecule has 5 heteroatoms. The molecule has 1 saturated heterocycles. The fourth-order valence-corrected chi connectivity index (χ4v) is 3.39. The van der Waals surface area contributed by atoms with Crippen LogP contribution in [0.3, 0.4) is 0 Å². The van der Waals surface area contributed by atoms with Crippen LogP contribution < -0.4 is 5.32 Å². The van der Waals surface area contributed by atoms with Gasteiger partial charge in [0.05, 0.1) is 0 Å². The minimum absolute atomic E-state index is 0.00311. The first-order valence-electron chi connectivity index (χ1n) is 7.83. The summed E-state index contributed by atoms with van der Waals surface area (Å²) in [4.78, 5) is 24.8. The molecule has 5 nitrogen and oxygen atoms in total. The number of carboxylic acids is 1. The number of hydrogen-bond donors (Lipinski definition) is 2. The Morgan fingerprint density at radius 2 is 1.95 bits per heavy atom. The summed E-state index contributed by atoms with van der Waals surface area (Å²) < 4.78 is 0. The molecule has 2 amide bonds. The summed E-state index contributed by atoms with van der Waals surface area (Å²) in [7, 11) is 0. The largest absolute Gasteiger partial charge is 0.481 e. The van der Waals surface area contributed by atoms with Crippen molar-refractivity contribution in [1.29, 1.82) is 0 Å². The van der Waals surface area contributed by atoms with Gasteiger partial charge in [-0.3, -0.25) is 4.79 Å². The number of likely N-dealkylation sites (tertiary alicyclic amines) is 1. The molecule has 1 heterocycles. The van der Waals surface area contributed by atoms with Gasteiger partial charge in [0.2, 0.25) is 0 Å². The van der Waals surface area contributed by atoms with Crippen LogP contribution in [0.2, 0.25) is 0 Å². The van der Waals surface area contributed by atoms with E-state index < -0.39 is 5.97 Å². The van der Waals surface area contributed by atoms with Gasteiger partial charge in [-0.05, 0) is 31.1 Å². The van der Waals surface area contributed by atoms with E-state index in [1.54, 1.807) is 4.90 Å². The third-order valence-electron chi connectivity index (χ3n) is 4.71. The van der Waals surface area contributed by atoms with Crippen LogP contribution in [0.1, 0.15) is 51.9 Å². The third-order valence-corrected chi connectivity index (χ3v) is 4.71. The Labute approximate surface area is 120 Å². The van der Waals surface area contributed by atoms with Gasteiger partial charge in [0, 0.05) is 25.6 Å². The zero-order valence-electron chi connectivity index (χ0n) is 12.3. The molecular formula is C15H26N2O3. The molecule has 2 rings (SSSR count). The highest BCUT2D eigenvalue weighted by molar-refractivity contribution is 5.75. The van der Waals surface area contributed by atoms with Crippen LogP contribution >= 0.6 is 0 Å². The smallest absolute Gasteiger partial charge is 0.317 e. The molecule has 0 aromatic heterocycles. The van der Waals surface area contributed by atoms with Gasteiger partial charge in [-0.2, -0.15) is 0 Å². The molecular weight excluding hydrogens is 256 g/mol. The second-order valence-electron chi connectivity index (χ2n) is 6.37. The van der Waals surface area contributed by atoms with E-state index in [1.165, 1.54) is 25.7 Å². The van der Waals surface area contributed by atoms with Gasteiger partial charge in [-0.1, -0.05) is 26.2 Å². The summed E-state index contributed by atoms with van der Waals surface area (Å²) >= 11 is 0. The first-order chi connectivity index (χ1) is 9.56. The molecule has 0 bridgehead atoms. The number of amides is 2. The molecule has 3 unspecified atom stereocenters. The zero-order chi connectivity index (χ0) is 14.5. The first-order valence-corrected chi connectivity index (χ1v) is 7.83. The Kier molecular flexibility index (Phi) is 5.26. The standard InChI is InChI=1S/C15H26N2O3/c1-11-5-3-2-4-6-13(11)16-15(20)17-8-7-12(10-17)9-14(18)19/h11-13H,2-10H2,1H3,(H,16,20)(H,18,19). The third kappa shape index (κ3) is 4.12. The lowest BCUT2D eigenvalue weighted by molar-refractivity contribution is -0.138. The number of hydrogen-bond acceptors (Lipinski definition) is 2. The topological polar surface area (TPSA) is 69.6 Å². The molecule has 114 valence electrons. The van der Waals surface area contributed by atoms with Gasteiger partial charge in [-0.25, -0.2) is 4.79 Å². The predicted octanol–water partition coefficient (Wildman–Crippen LogP) is 2.46. The Hall–Kier alpha value is -1.26. The molecule has 2 fully saturated rings. The quantitative estimate of drug-likeness (QED) is 0.781. The van der Waals surface area contributed by atoms with Gasteiger partial charge in [0.25, 0.3) is 0 Å². The number of aliphatic carboxylic acids is 1. The van der Waals surface area contributed by atoms with Crippen LogP contribution in [0.5, 0.6) is 0 Å². The highest BCUT2D eigenvalue weighted by atomic mass is 16.4. The van der Waals surface area contributed by atoms with Crippen molar-refractivity contribution >= 4 is 12.0 Å². The second kappa shape index (κ2) is 6.95. The normalized spacial score (nSPS) is 30.9. The van der Waals surface area contributed by atoms with Crippen molar-refractivity contribution in [3.8, 4) is 0 Å². The number of carbonyl (C=O) groups excluding carboxylic acids is 1. The van der Waals surface area contributed by atoms with Gasteiger partial charge < -0.3 is 15.3 Å². The number of carboxylic acid groups (broad SMARTS) is 1. The molecule has 3 atom stereocenters. The predicted molar refractivity (Wildman–Crippen MR) is 76.5 cm³/mol. The van der Waals surface area contributed by atoms with Crippen LogP contribution in [-0.4, -0.2) is 41.1 Å². The summed E-state index contributed by atoms with van der Waals surface area (Å²) in [5.74, 6) is -0.113. The van der Waals surface area contributed by atoms with Crippen LogP contribution in [0.25, 0.3) is 0 Å². The van der Waals surface area contributed by atoms with E-state index in [4.69, 9.17) is 5.11 Å².